The van der Waals surface area contributed by atoms with Crippen molar-refractivity contribution in [2.24, 2.45) is 0 Å². The Balaban J connectivity index is 1.78. The molecule has 4 aromatic rings. The molecule has 0 bridgehead atoms. The molecule has 1 heterocycles. The first-order valence-electron chi connectivity index (χ1n) is 8.53. The maximum atomic E-state index is 4.59. The van der Waals surface area contributed by atoms with Crippen LogP contribution in [0.4, 0.5) is 0 Å². The second-order valence-electron chi connectivity index (χ2n) is 6.22. The van der Waals surface area contributed by atoms with Gasteiger partial charge in [0.25, 0.3) is 0 Å². The first kappa shape index (κ1) is 14.8. The van der Waals surface area contributed by atoms with Crippen LogP contribution in [-0.2, 0) is 6.42 Å². The van der Waals surface area contributed by atoms with Gasteiger partial charge in [-0.15, -0.1) is 0 Å². The lowest BCUT2D eigenvalue weighted by molar-refractivity contribution is 0.657. The highest BCUT2D eigenvalue weighted by atomic mass is 14.8. The van der Waals surface area contributed by atoms with E-state index in [4.69, 9.17) is 0 Å². The highest BCUT2D eigenvalue weighted by Gasteiger charge is 2.15. The van der Waals surface area contributed by atoms with Gasteiger partial charge in [0.1, 0.15) is 6.33 Å². The molecule has 1 unspecified atom stereocenters. The molecule has 0 radical (unpaired) electrons. The van der Waals surface area contributed by atoms with Crippen LogP contribution in [0, 0.1) is 0 Å². The summed E-state index contributed by atoms with van der Waals surface area (Å²) in [5.41, 5.74) is 3.58. The number of rotatable bonds is 4. The van der Waals surface area contributed by atoms with E-state index in [0.717, 1.165) is 24.1 Å². The molecule has 0 saturated carbocycles. The third-order valence-corrected chi connectivity index (χ3v) is 4.82. The van der Waals surface area contributed by atoms with Gasteiger partial charge in [0, 0.05) is 5.39 Å². The number of hydrogen-bond donors (Lipinski definition) is 0. The van der Waals surface area contributed by atoms with Gasteiger partial charge < -0.3 is 0 Å². The molecule has 0 aliphatic carbocycles. The number of hydrogen-bond acceptors (Lipinski definition) is 2. The van der Waals surface area contributed by atoms with Gasteiger partial charge in [-0.3, -0.25) is 0 Å². The van der Waals surface area contributed by atoms with Crippen LogP contribution in [0.5, 0.6) is 0 Å². The summed E-state index contributed by atoms with van der Waals surface area (Å²) in [6.07, 6.45) is 3.72. The van der Waals surface area contributed by atoms with E-state index in [-0.39, 0.29) is 0 Å². The smallest absolute Gasteiger partial charge is 0.116 e. The van der Waals surface area contributed by atoms with Gasteiger partial charge >= 0.3 is 0 Å². The van der Waals surface area contributed by atoms with E-state index in [0.29, 0.717) is 5.92 Å². The molecule has 1 atom stereocenters. The lowest BCUT2D eigenvalue weighted by atomic mass is 9.87. The zero-order valence-corrected chi connectivity index (χ0v) is 13.8. The maximum Gasteiger partial charge on any atom is 0.116 e. The van der Waals surface area contributed by atoms with Crippen molar-refractivity contribution in [3.63, 3.8) is 0 Å². The van der Waals surface area contributed by atoms with Gasteiger partial charge in [0.05, 0.1) is 11.2 Å². The van der Waals surface area contributed by atoms with Crippen molar-refractivity contribution in [2.45, 2.75) is 25.7 Å². The Bertz CT molecular complexity index is 980. The van der Waals surface area contributed by atoms with Crippen molar-refractivity contribution < 1.29 is 0 Å². The topological polar surface area (TPSA) is 25.8 Å². The van der Waals surface area contributed by atoms with Gasteiger partial charge in [-0.1, -0.05) is 67.6 Å². The lowest BCUT2D eigenvalue weighted by Gasteiger charge is -2.18. The summed E-state index contributed by atoms with van der Waals surface area (Å²) in [6.45, 7) is 2.26. The molecule has 4 rings (SSSR count). The fourth-order valence-electron chi connectivity index (χ4n) is 3.54. The van der Waals surface area contributed by atoms with Crippen molar-refractivity contribution in [2.75, 3.05) is 0 Å². The predicted molar refractivity (Wildman–Crippen MR) is 100 cm³/mol. The SMILES string of the molecule is CCC(Cc1ncnc2ccccc12)c1cccc2ccccc12. The zero-order valence-electron chi connectivity index (χ0n) is 13.8. The Morgan fingerprint density at radius 1 is 0.792 bits per heavy atom. The molecule has 118 valence electrons. The average molecular weight is 312 g/mol. The van der Waals surface area contributed by atoms with Crippen LogP contribution in [-0.4, -0.2) is 9.97 Å². The van der Waals surface area contributed by atoms with Gasteiger partial charge in [-0.25, -0.2) is 9.97 Å². The van der Waals surface area contributed by atoms with Crippen LogP contribution in [0.3, 0.4) is 0 Å². The first-order valence-corrected chi connectivity index (χ1v) is 8.53. The van der Waals surface area contributed by atoms with Crippen LogP contribution in [0.25, 0.3) is 21.7 Å². The molecule has 0 saturated heterocycles. The minimum atomic E-state index is 0.453. The maximum absolute atomic E-state index is 4.59. The normalized spacial score (nSPS) is 12.5. The van der Waals surface area contributed by atoms with E-state index in [9.17, 15) is 0 Å². The van der Waals surface area contributed by atoms with Crippen LogP contribution in [0.15, 0.2) is 73.1 Å². The quantitative estimate of drug-likeness (QED) is 0.496. The monoisotopic (exact) mass is 312 g/mol. The minimum absolute atomic E-state index is 0.453. The van der Waals surface area contributed by atoms with Crippen molar-refractivity contribution in [3.8, 4) is 0 Å². The van der Waals surface area contributed by atoms with Gasteiger partial charge in [-0.05, 0) is 41.2 Å². The Hall–Kier alpha value is -2.74. The van der Waals surface area contributed by atoms with Crippen LogP contribution in [0.2, 0.25) is 0 Å². The van der Waals surface area contributed by atoms with Gasteiger partial charge in [0.15, 0.2) is 0 Å². The Morgan fingerprint density at radius 3 is 2.42 bits per heavy atom. The minimum Gasteiger partial charge on any atom is -0.241 e. The van der Waals surface area contributed by atoms with E-state index in [1.54, 1.807) is 6.33 Å². The summed E-state index contributed by atoms with van der Waals surface area (Å²) < 4.78 is 0. The molecule has 24 heavy (non-hydrogen) atoms. The lowest BCUT2D eigenvalue weighted by Crippen LogP contribution is -2.05. The second kappa shape index (κ2) is 6.40. The van der Waals surface area contributed by atoms with E-state index in [1.807, 2.05) is 6.07 Å². The van der Waals surface area contributed by atoms with Crippen molar-refractivity contribution in [1.82, 2.24) is 9.97 Å². The third-order valence-electron chi connectivity index (χ3n) is 4.82. The number of nitrogens with zero attached hydrogens (tertiary/aromatic N) is 2. The van der Waals surface area contributed by atoms with E-state index in [2.05, 4.69) is 77.6 Å². The Labute approximate surface area is 142 Å². The van der Waals surface area contributed by atoms with Crippen LogP contribution in [0.1, 0.15) is 30.5 Å². The molecule has 2 nitrogen and oxygen atoms in total. The van der Waals surface area contributed by atoms with Crippen molar-refractivity contribution in [3.05, 3.63) is 84.3 Å². The number of aromatic nitrogens is 2. The average Bonchev–Trinajstić information content (AvgIpc) is 2.66. The molecule has 0 aliphatic rings. The van der Waals surface area contributed by atoms with Crippen molar-refractivity contribution in [1.29, 1.82) is 0 Å². The molecule has 1 aromatic heterocycles. The van der Waals surface area contributed by atoms with Crippen LogP contribution < -0.4 is 0 Å². The summed E-state index contributed by atoms with van der Waals surface area (Å²) >= 11 is 0. The van der Waals surface area contributed by atoms with Gasteiger partial charge in [-0.2, -0.15) is 0 Å². The summed E-state index contributed by atoms with van der Waals surface area (Å²) in [4.78, 5) is 8.98. The summed E-state index contributed by atoms with van der Waals surface area (Å²) in [6, 6.07) is 23.5. The molecule has 3 aromatic carbocycles. The molecular formula is C22H20N2. The molecule has 2 heteroatoms. The summed E-state index contributed by atoms with van der Waals surface area (Å²) in [5.74, 6) is 0.453. The van der Waals surface area contributed by atoms with Gasteiger partial charge in [0.2, 0.25) is 0 Å². The highest BCUT2D eigenvalue weighted by molar-refractivity contribution is 5.86. The molecule has 0 aliphatic heterocycles. The Kier molecular flexibility index (Phi) is 3.96. The highest BCUT2D eigenvalue weighted by Crippen LogP contribution is 2.31. The summed E-state index contributed by atoms with van der Waals surface area (Å²) in [7, 11) is 0. The molecule has 0 N–H and O–H groups in total. The number of benzene rings is 3. The zero-order chi connectivity index (χ0) is 16.4. The second-order valence-corrected chi connectivity index (χ2v) is 6.22. The molecule has 0 spiro atoms. The molecule has 0 fully saturated rings. The number of para-hydroxylation sites is 1. The molecule has 0 amide bonds. The predicted octanol–water partition coefficient (Wildman–Crippen LogP) is 5.52. The fraction of sp³-hybridized carbons (Fsp3) is 0.182. The fourth-order valence-corrected chi connectivity index (χ4v) is 3.54. The first-order chi connectivity index (χ1) is 11.9. The number of fused-ring (bicyclic) bond motifs is 2. The van der Waals surface area contributed by atoms with E-state index < -0.39 is 0 Å². The Morgan fingerprint density at radius 2 is 1.54 bits per heavy atom. The van der Waals surface area contributed by atoms with E-state index in [1.165, 1.54) is 21.7 Å². The van der Waals surface area contributed by atoms with Crippen LogP contribution >= 0.6 is 0 Å². The largest absolute Gasteiger partial charge is 0.241 e. The van der Waals surface area contributed by atoms with E-state index >= 15 is 0 Å². The standard InChI is InChI=1S/C22H20N2/c1-2-16(18-12-7-9-17-8-3-4-10-19(17)18)14-22-20-11-5-6-13-21(20)23-15-24-22/h3-13,15-16H,2,14H2,1H3. The van der Waals surface area contributed by atoms with Crippen molar-refractivity contribution >= 4 is 21.7 Å². The summed E-state index contributed by atoms with van der Waals surface area (Å²) in [5, 5.41) is 3.82. The third kappa shape index (κ3) is 2.65. The molecular weight excluding hydrogens is 292 g/mol.